The largest absolute Gasteiger partial charge is 0.378 e. The molecule has 1 fully saturated rings. The second-order valence-electron chi connectivity index (χ2n) is 7.59. The number of carbonyl (C=O) groups excluding carboxylic acids is 1. The molecule has 0 bridgehead atoms. The summed E-state index contributed by atoms with van der Waals surface area (Å²) in [6, 6.07) is 3.37. The fourth-order valence-corrected chi connectivity index (χ4v) is 4.81. The zero-order valence-electron chi connectivity index (χ0n) is 16.8. The average Bonchev–Trinajstić information content (AvgIpc) is 2.97. The molecule has 0 unspecified atom stereocenters. The maximum Gasteiger partial charge on any atom is 0.276 e. The van der Waals surface area contributed by atoms with Gasteiger partial charge >= 0.3 is 0 Å². The second kappa shape index (κ2) is 8.74. The van der Waals surface area contributed by atoms with Gasteiger partial charge in [0, 0.05) is 31.6 Å². The molecule has 168 valence electrons. The summed E-state index contributed by atoms with van der Waals surface area (Å²) in [6.45, 7) is 3.59. The molecule has 2 aromatic heterocycles. The van der Waals surface area contributed by atoms with Crippen molar-refractivity contribution in [2.45, 2.75) is 19.5 Å². The SMILES string of the molecule is O=C(c1nn2c(c1Cl)CN(c1nc(Cl)nc3c(F)c(Br)ccc13)CCC2)N1CCOCC1. The summed E-state index contributed by atoms with van der Waals surface area (Å²) in [4.78, 5) is 25.1. The predicted molar refractivity (Wildman–Crippen MR) is 122 cm³/mol. The number of carbonyl (C=O) groups is 1. The first-order valence-electron chi connectivity index (χ1n) is 10.1. The van der Waals surface area contributed by atoms with Crippen LogP contribution in [0, 0.1) is 5.82 Å². The van der Waals surface area contributed by atoms with Crippen molar-refractivity contribution in [3.63, 3.8) is 0 Å². The van der Waals surface area contributed by atoms with E-state index in [0.29, 0.717) is 72.3 Å². The maximum atomic E-state index is 14.7. The van der Waals surface area contributed by atoms with E-state index in [4.69, 9.17) is 27.9 Å². The molecule has 5 rings (SSSR count). The first-order chi connectivity index (χ1) is 15.4. The molecule has 0 N–H and O–H groups in total. The van der Waals surface area contributed by atoms with E-state index in [-0.39, 0.29) is 22.4 Å². The number of aromatic nitrogens is 4. The van der Waals surface area contributed by atoms with Gasteiger partial charge in [-0.25, -0.2) is 9.37 Å². The summed E-state index contributed by atoms with van der Waals surface area (Å²) in [6.07, 6.45) is 0.734. The van der Waals surface area contributed by atoms with Crippen LogP contribution in [0.15, 0.2) is 16.6 Å². The molecule has 32 heavy (non-hydrogen) atoms. The smallest absolute Gasteiger partial charge is 0.276 e. The van der Waals surface area contributed by atoms with E-state index in [0.717, 1.165) is 6.42 Å². The number of rotatable bonds is 2. The summed E-state index contributed by atoms with van der Waals surface area (Å²) in [5.41, 5.74) is 1.09. The number of ether oxygens (including phenoxy) is 1. The van der Waals surface area contributed by atoms with Crippen molar-refractivity contribution in [2.24, 2.45) is 0 Å². The molecule has 1 aromatic carbocycles. The fraction of sp³-hybridized carbons (Fsp3) is 0.400. The molecule has 2 aliphatic rings. The van der Waals surface area contributed by atoms with Crippen LogP contribution < -0.4 is 4.90 Å². The zero-order valence-corrected chi connectivity index (χ0v) is 19.9. The van der Waals surface area contributed by atoms with Crippen LogP contribution in [-0.4, -0.2) is 63.4 Å². The predicted octanol–water partition coefficient (Wildman–Crippen LogP) is 3.92. The molecule has 8 nitrogen and oxygen atoms in total. The molecule has 12 heteroatoms. The Balaban J connectivity index is 1.52. The topological polar surface area (TPSA) is 76.4 Å². The highest BCUT2D eigenvalue weighted by Crippen LogP contribution is 2.34. The van der Waals surface area contributed by atoms with Crippen LogP contribution >= 0.6 is 39.1 Å². The Morgan fingerprint density at radius 2 is 1.91 bits per heavy atom. The summed E-state index contributed by atoms with van der Waals surface area (Å²) in [7, 11) is 0. The highest BCUT2D eigenvalue weighted by Gasteiger charge is 2.30. The van der Waals surface area contributed by atoms with Gasteiger partial charge in [-0.3, -0.25) is 9.48 Å². The standard InChI is InChI=1S/C20H18BrCl2FN6O2/c21-12-3-2-11-16(15(12)24)25-20(23)26-18(11)29-4-1-5-30-13(10-29)14(22)17(27-30)19(31)28-6-8-32-9-7-28/h2-3H,1,4-10H2. The minimum absolute atomic E-state index is 0.0449. The number of hydrogen-bond acceptors (Lipinski definition) is 6. The summed E-state index contributed by atoms with van der Waals surface area (Å²) >= 11 is 16.0. The minimum atomic E-state index is -0.496. The van der Waals surface area contributed by atoms with Gasteiger partial charge in [0.05, 0.1) is 34.9 Å². The molecule has 0 atom stereocenters. The number of morpholine rings is 1. The third-order valence-electron chi connectivity index (χ3n) is 5.64. The number of aryl methyl sites for hydroxylation is 1. The van der Waals surface area contributed by atoms with Crippen molar-refractivity contribution in [2.75, 3.05) is 37.7 Å². The molecular formula is C20H18BrCl2FN6O2. The molecule has 1 amide bonds. The lowest BCUT2D eigenvalue weighted by molar-refractivity contribution is 0.0298. The number of amides is 1. The van der Waals surface area contributed by atoms with Gasteiger partial charge in [-0.1, -0.05) is 11.6 Å². The molecule has 0 spiro atoms. The number of fused-ring (bicyclic) bond motifs is 2. The third kappa shape index (κ3) is 3.83. The normalized spacial score (nSPS) is 16.9. The number of halogens is 4. The van der Waals surface area contributed by atoms with Crippen molar-refractivity contribution in [3.8, 4) is 0 Å². The van der Waals surface area contributed by atoms with Crippen LogP contribution in [0.4, 0.5) is 10.2 Å². The Hall–Kier alpha value is -2.01. The van der Waals surface area contributed by atoms with Gasteiger partial charge in [0.15, 0.2) is 11.5 Å². The maximum absolute atomic E-state index is 14.7. The Labute approximate surface area is 201 Å². The highest BCUT2D eigenvalue weighted by molar-refractivity contribution is 9.10. The van der Waals surface area contributed by atoms with Gasteiger partial charge < -0.3 is 14.5 Å². The molecule has 2 aliphatic heterocycles. The van der Waals surface area contributed by atoms with E-state index in [1.807, 2.05) is 4.90 Å². The van der Waals surface area contributed by atoms with Crippen molar-refractivity contribution < 1.29 is 13.9 Å². The van der Waals surface area contributed by atoms with Crippen molar-refractivity contribution in [3.05, 3.63) is 44.1 Å². The molecule has 3 aromatic rings. The lowest BCUT2D eigenvalue weighted by Crippen LogP contribution is -2.41. The van der Waals surface area contributed by atoms with E-state index in [2.05, 4.69) is 31.0 Å². The highest BCUT2D eigenvalue weighted by atomic mass is 79.9. The zero-order chi connectivity index (χ0) is 22.4. The molecular weight excluding hydrogens is 526 g/mol. The number of hydrogen-bond donors (Lipinski definition) is 0. The van der Waals surface area contributed by atoms with Gasteiger partial charge in [0.2, 0.25) is 5.28 Å². The Bertz CT molecular complexity index is 1220. The van der Waals surface area contributed by atoms with E-state index in [1.165, 1.54) is 0 Å². The van der Waals surface area contributed by atoms with Gasteiger partial charge in [-0.2, -0.15) is 10.1 Å². The van der Waals surface area contributed by atoms with E-state index in [9.17, 15) is 9.18 Å². The van der Waals surface area contributed by atoms with Crippen molar-refractivity contribution in [1.82, 2.24) is 24.6 Å². The minimum Gasteiger partial charge on any atom is -0.378 e. The molecule has 0 aliphatic carbocycles. The summed E-state index contributed by atoms with van der Waals surface area (Å²) in [5.74, 6) is -0.185. The monoisotopic (exact) mass is 542 g/mol. The van der Waals surface area contributed by atoms with Gasteiger partial charge in [-0.15, -0.1) is 0 Å². The van der Waals surface area contributed by atoms with Crippen molar-refractivity contribution >= 4 is 61.8 Å². The van der Waals surface area contributed by atoms with Gasteiger partial charge in [-0.05, 0) is 46.1 Å². The summed E-state index contributed by atoms with van der Waals surface area (Å²) < 4.78 is 22.1. The lowest BCUT2D eigenvalue weighted by atomic mass is 10.2. The van der Waals surface area contributed by atoms with Gasteiger partial charge in [0.25, 0.3) is 5.91 Å². The van der Waals surface area contributed by atoms with Gasteiger partial charge in [0.1, 0.15) is 11.3 Å². The Kier molecular flexibility index (Phi) is 5.96. The number of anilines is 1. The number of nitrogens with zero attached hydrogens (tertiary/aromatic N) is 6. The van der Waals surface area contributed by atoms with E-state index >= 15 is 0 Å². The first kappa shape index (κ1) is 21.8. The molecule has 0 saturated carbocycles. The van der Waals surface area contributed by atoms with Crippen LogP contribution in [0.25, 0.3) is 10.9 Å². The van der Waals surface area contributed by atoms with Crippen LogP contribution in [0.5, 0.6) is 0 Å². The van der Waals surface area contributed by atoms with E-state index in [1.54, 1.807) is 21.7 Å². The second-order valence-corrected chi connectivity index (χ2v) is 9.16. The molecule has 0 radical (unpaired) electrons. The third-order valence-corrected chi connectivity index (χ3v) is 6.82. The molecule has 1 saturated heterocycles. The van der Waals surface area contributed by atoms with Crippen molar-refractivity contribution in [1.29, 1.82) is 0 Å². The Morgan fingerprint density at radius 3 is 2.69 bits per heavy atom. The van der Waals surface area contributed by atoms with Crippen LogP contribution in [0.3, 0.4) is 0 Å². The number of benzene rings is 1. The van der Waals surface area contributed by atoms with E-state index < -0.39 is 5.82 Å². The van der Waals surface area contributed by atoms with Crippen LogP contribution in [0.1, 0.15) is 22.6 Å². The fourth-order valence-electron chi connectivity index (χ4n) is 4.05. The average molecular weight is 544 g/mol. The quantitative estimate of drug-likeness (QED) is 0.456. The lowest BCUT2D eigenvalue weighted by Gasteiger charge is -2.26. The van der Waals surface area contributed by atoms with Crippen LogP contribution in [0.2, 0.25) is 10.3 Å². The Morgan fingerprint density at radius 1 is 1.12 bits per heavy atom. The summed E-state index contributed by atoms with van der Waals surface area (Å²) in [5, 5.41) is 5.35. The van der Waals surface area contributed by atoms with Crippen LogP contribution in [-0.2, 0) is 17.8 Å². The first-order valence-corrected chi connectivity index (χ1v) is 11.7. The molecule has 4 heterocycles.